The second-order valence-corrected chi connectivity index (χ2v) is 10.3. The van der Waals surface area contributed by atoms with Crippen molar-refractivity contribution in [2.24, 2.45) is 5.11 Å². The molecule has 240 valence electrons. The molecule has 0 aromatic carbocycles. The van der Waals surface area contributed by atoms with Gasteiger partial charge < -0.3 is 43.2 Å². The molecule has 0 spiro atoms. The largest absolute Gasteiger partial charge is 0.463 e. The third-order valence-corrected chi connectivity index (χ3v) is 6.66. The molecule has 2 aliphatic heterocycles. The van der Waals surface area contributed by atoms with Gasteiger partial charge in [-0.25, -0.2) is 0 Å². The van der Waals surface area contributed by atoms with Crippen molar-refractivity contribution in [1.29, 1.82) is 0 Å². The lowest BCUT2D eigenvalue weighted by Crippen LogP contribution is -2.68. The second kappa shape index (κ2) is 16.4. The molecule has 0 unspecified atom stereocenters. The quantitative estimate of drug-likeness (QED) is 0.0772. The summed E-state index contributed by atoms with van der Waals surface area (Å²) >= 11 is 3.25. The fraction of sp³-hybridized carbons (Fsp3) is 0.750. The van der Waals surface area contributed by atoms with Crippen LogP contribution in [0.5, 0.6) is 0 Å². The van der Waals surface area contributed by atoms with Crippen molar-refractivity contribution in [3.8, 4) is 0 Å². The van der Waals surface area contributed by atoms with E-state index in [9.17, 15) is 34.3 Å². The van der Waals surface area contributed by atoms with Gasteiger partial charge in [0.1, 0.15) is 48.6 Å². The van der Waals surface area contributed by atoms with Gasteiger partial charge in [-0.15, -0.1) is 0 Å². The highest BCUT2D eigenvalue weighted by molar-refractivity contribution is 9.09. The van der Waals surface area contributed by atoms with Crippen LogP contribution in [-0.4, -0.2) is 109 Å². The zero-order chi connectivity index (χ0) is 32.4. The van der Waals surface area contributed by atoms with Gasteiger partial charge >= 0.3 is 29.8 Å². The average molecular weight is 681 g/mol. The maximum absolute atomic E-state index is 12.3. The minimum atomic E-state index is -1.60. The van der Waals surface area contributed by atoms with E-state index in [-0.39, 0.29) is 0 Å². The van der Waals surface area contributed by atoms with Gasteiger partial charge in [0.15, 0.2) is 24.6 Å². The Morgan fingerprint density at radius 3 is 1.65 bits per heavy atom. The van der Waals surface area contributed by atoms with Crippen LogP contribution in [-0.2, 0) is 66.7 Å². The molecule has 0 aromatic rings. The SMILES string of the molecule is CC(=O)N[C@H]1[C@H](O[C@@H]2[C@@H](N=[N+]=[N-])[C@@H](Br)O[C@H](COC(C)=O)[C@@H]2OC(C)=O)O[C@H](COC(C)=O)[C@@H](OC(C)=O)[C@@H]1OC(C)=O. The number of hydrogen-bond donors (Lipinski definition) is 1. The fourth-order valence-corrected chi connectivity index (χ4v) is 5.13. The molecular weight excluding hydrogens is 648 g/mol. The first-order valence-corrected chi connectivity index (χ1v) is 13.8. The molecule has 43 heavy (non-hydrogen) atoms. The molecule has 1 amide bonds. The Bertz CT molecular complexity index is 1120. The number of alkyl halides is 1. The summed E-state index contributed by atoms with van der Waals surface area (Å²) in [4.78, 5) is 74.5. The number of halogens is 1. The second-order valence-electron chi connectivity index (χ2n) is 9.42. The molecule has 2 heterocycles. The van der Waals surface area contributed by atoms with E-state index < -0.39 is 109 Å². The third kappa shape index (κ3) is 10.6. The van der Waals surface area contributed by atoms with Crippen LogP contribution < -0.4 is 5.32 Å². The van der Waals surface area contributed by atoms with Crippen LogP contribution in [0.2, 0.25) is 0 Å². The van der Waals surface area contributed by atoms with Crippen molar-refractivity contribution in [2.45, 2.75) is 102 Å². The third-order valence-electron chi connectivity index (χ3n) is 5.90. The fourth-order valence-electron chi connectivity index (χ4n) is 4.45. The van der Waals surface area contributed by atoms with E-state index in [2.05, 4.69) is 31.3 Å². The normalized spacial score (nSPS) is 31.8. The summed E-state index contributed by atoms with van der Waals surface area (Å²) in [5.74, 6) is -4.46. The molecule has 0 aromatic heterocycles. The Kier molecular flexibility index (Phi) is 13.6. The van der Waals surface area contributed by atoms with E-state index in [1.165, 1.54) is 0 Å². The molecule has 2 aliphatic rings. The number of ether oxygens (including phenoxy) is 8. The number of carbonyl (C=O) groups is 6. The van der Waals surface area contributed by atoms with Gasteiger partial charge in [0.2, 0.25) is 5.91 Å². The first-order valence-electron chi connectivity index (χ1n) is 12.8. The number of hydrogen-bond acceptors (Lipinski definition) is 15. The van der Waals surface area contributed by atoms with Crippen LogP contribution in [0.3, 0.4) is 0 Å². The van der Waals surface area contributed by atoms with Crippen molar-refractivity contribution >= 4 is 51.7 Å². The number of rotatable bonds is 11. The molecule has 1 N–H and O–H groups in total. The summed E-state index contributed by atoms with van der Waals surface area (Å²) in [6, 6.07) is -2.64. The average Bonchev–Trinajstić information content (AvgIpc) is 2.87. The maximum atomic E-state index is 12.3. The van der Waals surface area contributed by atoms with Crippen LogP contribution in [0.15, 0.2) is 5.11 Å². The number of nitrogens with one attached hydrogen (secondary N) is 1. The molecule has 18 nitrogen and oxygen atoms in total. The highest BCUT2D eigenvalue weighted by Gasteiger charge is 2.55. The summed E-state index contributed by atoms with van der Waals surface area (Å²) in [5, 5.41) is 5.17. The first-order chi connectivity index (χ1) is 20.1. The molecule has 2 rings (SSSR count). The highest BCUT2D eigenvalue weighted by atomic mass is 79.9. The zero-order valence-corrected chi connectivity index (χ0v) is 25.7. The van der Waals surface area contributed by atoms with Gasteiger partial charge in [-0.3, -0.25) is 28.8 Å². The molecule has 10 atom stereocenters. The predicted octanol–water partition coefficient (Wildman–Crippen LogP) is 0.321. The molecule has 2 fully saturated rings. The van der Waals surface area contributed by atoms with Crippen molar-refractivity contribution in [1.82, 2.24) is 5.32 Å². The molecule has 2 saturated heterocycles. The lowest BCUT2D eigenvalue weighted by molar-refractivity contribution is -0.308. The minimum absolute atomic E-state index is 0.404. The summed E-state index contributed by atoms with van der Waals surface area (Å²) in [7, 11) is 0. The summed E-state index contributed by atoms with van der Waals surface area (Å²) < 4.78 is 44.4. The van der Waals surface area contributed by atoms with E-state index in [0.29, 0.717) is 0 Å². The molecule has 0 radical (unpaired) electrons. The maximum Gasteiger partial charge on any atom is 0.303 e. The predicted molar refractivity (Wildman–Crippen MR) is 142 cm³/mol. The van der Waals surface area contributed by atoms with Gasteiger partial charge in [-0.1, -0.05) is 21.0 Å². The molecular formula is C24H33BrN4O14. The van der Waals surface area contributed by atoms with Crippen molar-refractivity contribution in [3.05, 3.63) is 10.4 Å². The number of amides is 1. The van der Waals surface area contributed by atoms with Crippen LogP contribution in [0.1, 0.15) is 41.5 Å². The van der Waals surface area contributed by atoms with Crippen LogP contribution in [0, 0.1) is 0 Å². The van der Waals surface area contributed by atoms with Crippen molar-refractivity contribution in [3.63, 3.8) is 0 Å². The van der Waals surface area contributed by atoms with Crippen LogP contribution in [0.4, 0.5) is 0 Å². The number of carbonyl (C=O) groups excluding carboxylic acids is 6. The lowest BCUT2D eigenvalue weighted by Gasteiger charge is -2.48. The Hall–Kier alpha value is -3.51. The monoisotopic (exact) mass is 680 g/mol. The number of nitrogens with zero attached hydrogens (tertiary/aromatic N) is 3. The molecule has 0 saturated carbocycles. The standard InChI is InChI=1S/C24H33BrN4O14/c1-9(30)27-18-22(40-14(6)35)20(39-13(5)34)16(8-37-11(3)32)42-24(18)43-21-17(28-29-26)23(25)41-15(7-36-10(2)31)19(21)38-12(4)33/h15-24H,7-8H2,1-6H3,(H,27,30)/t15-,16-,17-,18-,19+,20-,21-,22-,23+,24+/m1/s1. The van der Waals surface area contributed by atoms with Gasteiger partial charge in [-0.05, 0) is 5.53 Å². The number of esters is 5. The minimum Gasteiger partial charge on any atom is -0.463 e. The Balaban J connectivity index is 2.65. The van der Waals surface area contributed by atoms with Gasteiger partial charge in [0.05, 0.1) is 0 Å². The Morgan fingerprint density at radius 2 is 1.21 bits per heavy atom. The molecule has 19 heteroatoms. The lowest BCUT2D eigenvalue weighted by atomic mass is 9.94. The smallest absolute Gasteiger partial charge is 0.303 e. The van der Waals surface area contributed by atoms with Gasteiger partial charge in [0, 0.05) is 46.5 Å². The summed E-state index contributed by atoms with van der Waals surface area (Å²) in [6.45, 7) is 5.76. The zero-order valence-electron chi connectivity index (χ0n) is 24.1. The topological polar surface area (TPSA) is 237 Å². The van der Waals surface area contributed by atoms with Crippen LogP contribution in [0.25, 0.3) is 10.4 Å². The van der Waals surface area contributed by atoms with E-state index >= 15 is 0 Å². The molecule has 0 bridgehead atoms. The number of azide groups is 1. The van der Waals surface area contributed by atoms with E-state index in [1.54, 1.807) is 0 Å². The van der Waals surface area contributed by atoms with Crippen LogP contribution >= 0.6 is 15.9 Å². The highest BCUT2D eigenvalue weighted by Crippen LogP contribution is 2.35. The van der Waals surface area contributed by atoms with E-state index in [4.69, 9.17) is 37.9 Å². The van der Waals surface area contributed by atoms with E-state index in [0.717, 1.165) is 41.5 Å². The molecule has 0 aliphatic carbocycles. The Morgan fingerprint density at radius 1 is 0.744 bits per heavy atom. The first kappa shape index (κ1) is 35.7. The van der Waals surface area contributed by atoms with Crippen molar-refractivity contribution < 1.29 is 66.7 Å². The summed E-state index contributed by atoms with van der Waals surface area (Å²) in [5.41, 5.74) is 9.27. The Labute approximate surface area is 254 Å². The van der Waals surface area contributed by atoms with Gasteiger partial charge in [-0.2, -0.15) is 0 Å². The van der Waals surface area contributed by atoms with Gasteiger partial charge in [0.25, 0.3) is 0 Å². The summed E-state index contributed by atoms with van der Waals surface area (Å²) in [6.07, 6.45) is -9.70. The van der Waals surface area contributed by atoms with Crippen molar-refractivity contribution in [2.75, 3.05) is 13.2 Å². The van der Waals surface area contributed by atoms with E-state index in [1.807, 2.05) is 0 Å².